The zero-order valence-electron chi connectivity index (χ0n) is 15.4. The summed E-state index contributed by atoms with van der Waals surface area (Å²) in [5.74, 6) is 0. The third-order valence-electron chi connectivity index (χ3n) is 4.31. The molecule has 3 heteroatoms. The molecule has 0 aliphatic rings. The van der Waals surface area contributed by atoms with Crippen molar-refractivity contribution in [2.45, 2.75) is 39.2 Å². The summed E-state index contributed by atoms with van der Waals surface area (Å²) < 4.78 is 12.4. The molecule has 24 heavy (non-hydrogen) atoms. The Morgan fingerprint density at radius 1 is 0.750 bits per heavy atom. The normalized spacial score (nSPS) is 12.3. The number of hydrogen-bond acceptors (Lipinski definition) is 2. The molecule has 0 spiro atoms. The summed E-state index contributed by atoms with van der Waals surface area (Å²) in [6.07, 6.45) is 1.04. The Labute approximate surface area is 148 Å². The molecule has 0 saturated carbocycles. The maximum atomic E-state index is 6.73. The Bertz CT molecular complexity index is 551. The molecule has 0 N–H and O–H groups in total. The van der Waals surface area contributed by atoms with Gasteiger partial charge in [-0.2, -0.15) is 0 Å². The zero-order valence-corrected chi connectivity index (χ0v) is 16.4. The van der Waals surface area contributed by atoms with Crippen LogP contribution >= 0.6 is 0 Å². The van der Waals surface area contributed by atoms with Crippen LogP contribution in [-0.2, 0) is 9.16 Å². The van der Waals surface area contributed by atoms with E-state index in [0.29, 0.717) is 13.2 Å². The molecule has 0 amide bonds. The van der Waals surface area contributed by atoms with Gasteiger partial charge >= 0.3 is 0 Å². The first-order chi connectivity index (χ1) is 11.5. The predicted molar refractivity (Wildman–Crippen MR) is 105 cm³/mol. The van der Waals surface area contributed by atoms with Gasteiger partial charge in [0.05, 0.1) is 13.2 Å². The molecule has 2 aromatic carbocycles. The van der Waals surface area contributed by atoms with Crippen LogP contribution in [0, 0.1) is 0 Å². The van der Waals surface area contributed by atoms with Gasteiger partial charge in [0, 0.05) is 6.61 Å². The highest BCUT2D eigenvalue weighted by atomic mass is 28.4. The molecule has 0 saturated heterocycles. The van der Waals surface area contributed by atoms with E-state index >= 15 is 0 Å². The van der Waals surface area contributed by atoms with E-state index in [4.69, 9.17) is 9.16 Å². The van der Waals surface area contributed by atoms with Gasteiger partial charge in [-0.05, 0) is 21.8 Å². The number of benzene rings is 2. The van der Waals surface area contributed by atoms with Crippen LogP contribution in [-0.4, -0.2) is 28.1 Å². The van der Waals surface area contributed by atoms with Crippen molar-refractivity contribution in [2.24, 2.45) is 0 Å². The van der Waals surface area contributed by atoms with E-state index in [0.717, 1.165) is 13.0 Å². The van der Waals surface area contributed by atoms with Crippen LogP contribution < -0.4 is 10.4 Å². The summed E-state index contributed by atoms with van der Waals surface area (Å²) in [5.41, 5.74) is 0. The van der Waals surface area contributed by atoms with Crippen LogP contribution in [0.3, 0.4) is 0 Å². The van der Waals surface area contributed by atoms with Gasteiger partial charge in [-0.1, -0.05) is 88.4 Å². The van der Waals surface area contributed by atoms with E-state index in [-0.39, 0.29) is 5.04 Å². The van der Waals surface area contributed by atoms with E-state index in [1.54, 1.807) is 0 Å². The van der Waals surface area contributed by atoms with Gasteiger partial charge < -0.3 is 9.16 Å². The van der Waals surface area contributed by atoms with E-state index < -0.39 is 8.32 Å². The quantitative estimate of drug-likeness (QED) is 0.533. The number of ether oxygens (including phenoxy) is 1. The molecule has 0 bridgehead atoms. The van der Waals surface area contributed by atoms with Crippen molar-refractivity contribution in [3.63, 3.8) is 0 Å². The van der Waals surface area contributed by atoms with E-state index in [2.05, 4.69) is 88.4 Å². The van der Waals surface area contributed by atoms with Crippen molar-refractivity contribution in [3.05, 3.63) is 60.7 Å². The smallest absolute Gasteiger partial charge is 0.261 e. The summed E-state index contributed by atoms with van der Waals surface area (Å²) in [7, 11) is -2.39. The average molecular weight is 343 g/mol. The van der Waals surface area contributed by atoms with Crippen molar-refractivity contribution < 1.29 is 9.16 Å². The first-order valence-corrected chi connectivity index (χ1v) is 10.8. The van der Waals surface area contributed by atoms with Gasteiger partial charge in [-0.25, -0.2) is 0 Å². The van der Waals surface area contributed by atoms with Crippen molar-refractivity contribution in [3.8, 4) is 0 Å². The topological polar surface area (TPSA) is 18.5 Å². The Balaban J connectivity index is 2.42. The van der Waals surface area contributed by atoms with Crippen LogP contribution in [0.5, 0.6) is 0 Å². The molecule has 2 aromatic rings. The van der Waals surface area contributed by atoms with E-state index in [9.17, 15) is 0 Å². The largest absolute Gasteiger partial charge is 0.405 e. The molecule has 0 atom stereocenters. The fourth-order valence-electron chi connectivity index (χ4n) is 3.26. The highest BCUT2D eigenvalue weighted by molar-refractivity contribution is 6.99. The molecule has 130 valence electrons. The zero-order chi connectivity index (χ0) is 17.5. The molecular formula is C21H30O2Si. The lowest BCUT2D eigenvalue weighted by Gasteiger charge is -2.43. The fourth-order valence-corrected chi connectivity index (χ4v) is 7.81. The molecule has 2 nitrogen and oxygen atoms in total. The second-order valence-corrected chi connectivity index (χ2v) is 11.4. The van der Waals surface area contributed by atoms with E-state index in [1.807, 2.05) is 0 Å². The van der Waals surface area contributed by atoms with Gasteiger partial charge in [0.25, 0.3) is 8.32 Å². The molecule has 2 rings (SSSR count). The molecule has 0 radical (unpaired) electrons. The number of hydrogen-bond donors (Lipinski definition) is 0. The first kappa shape index (κ1) is 18.9. The molecule has 0 aliphatic heterocycles. The lowest BCUT2D eigenvalue weighted by atomic mass is 10.2. The minimum Gasteiger partial charge on any atom is -0.405 e. The van der Waals surface area contributed by atoms with Crippen molar-refractivity contribution in [1.29, 1.82) is 0 Å². The van der Waals surface area contributed by atoms with Crippen molar-refractivity contribution >= 4 is 18.7 Å². The molecule has 0 aliphatic carbocycles. The van der Waals surface area contributed by atoms with Gasteiger partial charge in [-0.15, -0.1) is 0 Å². The Morgan fingerprint density at radius 3 is 1.67 bits per heavy atom. The molecule has 0 unspecified atom stereocenters. The standard InChI is InChI=1S/C21H30O2Si/c1-5-16-22-17-18-23-24(21(2,3)4,19-12-8-6-9-13-19)20-14-10-7-11-15-20/h6-15H,5,16-18H2,1-4H3. The third kappa shape index (κ3) is 4.15. The summed E-state index contributed by atoms with van der Waals surface area (Å²) >= 11 is 0. The van der Waals surface area contributed by atoms with Crippen LogP contribution in [0.2, 0.25) is 5.04 Å². The third-order valence-corrected chi connectivity index (χ3v) is 9.35. The fraction of sp³-hybridized carbons (Fsp3) is 0.429. The van der Waals surface area contributed by atoms with Crippen LogP contribution in [0.25, 0.3) is 0 Å². The Morgan fingerprint density at radius 2 is 1.25 bits per heavy atom. The lowest BCUT2D eigenvalue weighted by molar-refractivity contribution is 0.0974. The molecule has 0 aromatic heterocycles. The summed E-state index contributed by atoms with van der Waals surface area (Å²) in [6, 6.07) is 21.5. The van der Waals surface area contributed by atoms with E-state index in [1.165, 1.54) is 10.4 Å². The second-order valence-electron chi connectivity index (χ2n) is 7.12. The van der Waals surface area contributed by atoms with Crippen molar-refractivity contribution in [2.75, 3.05) is 19.8 Å². The lowest BCUT2D eigenvalue weighted by Crippen LogP contribution is -2.66. The van der Waals surface area contributed by atoms with Gasteiger partial charge in [0.15, 0.2) is 0 Å². The molecule has 0 heterocycles. The van der Waals surface area contributed by atoms with Gasteiger partial charge in [0.2, 0.25) is 0 Å². The minimum atomic E-state index is -2.39. The first-order valence-electron chi connectivity index (χ1n) is 8.85. The predicted octanol–water partition coefficient (Wildman–Crippen LogP) is 3.99. The monoisotopic (exact) mass is 342 g/mol. The van der Waals surface area contributed by atoms with Crippen LogP contribution in [0.15, 0.2) is 60.7 Å². The summed E-state index contributed by atoms with van der Waals surface area (Å²) in [6.45, 7) is 11.1. The van der Waals surface area contributed by atoms with Gasteiger partial charge in [-0.3, -0.25) is 0 Å². The Kier molecular flexibility index (Phi) is 6.78. The highest BCUT2D eigenvalue weighted by Crippen LogP contribution is 2.36. The molecule has 0 fully saturated rings. The average Bonchev–Trinajstić information content (AvgIpc) is 2.59. The van der Waals surface area contributed by atoms with Crippen molar-refractivity contribution in [1.82, 2.24) is 0 Å². The summed E-state index contributed by atoms with van der Waals surface area (Å²) in [5, 5.41) is 2.67. The van der Waals surface area contributed by atoms with Gasteiger partial charge in [0.1, 0.15) is 0 Å². The summed E-state index contributed by atoms with van der Waals surface area (Å²) in [4.78, 5) is 0. The maximum Gasteiger partial charge on any atom is 0.261 e. The minimum absolute atomic E-state index is 0.0282. The Hall–Kier alpha value is -1.42. The second kappa shape index (κ2) is 8.61. The SMILES string of the molecule is CCCOCCO[Si](c1ccccc1)(c1ccccc1)C(C)(C)C. The maximum absolute atomic E-state index is 6.73. The highest BCUT2D eigenvalue weighted by Gasteiger charge is 2.49. The van der Waals surface area contributed by atoms with Crippen LogP contribution in [0.1, 0.15) is 34.1 Å². The molecular weight excluding hydrogens is 312 g/mol. The number of rotatable bonds is 8. The van der Waals surface area contributed by atoms with Crippen LogP contribution in [0.4, 0.5) is 0 Å².